The van der Waals surface area contributed by atoms with E-state index in [4.69, 9.17) is 4.74 Å². The van der Waals surface area contributed by atoms with E-state index in [-0.39, 0.29) is 12.0 Å². The third-order valence-corrected chi connectivity index (χ3v) is 5.14. The zero-order valence-corrected chi connectivity index (χ0v) is 14.2. The van der Waals surface area contributed by atoms with Crippen LogP contribution < -0.4 is 5.32 Å². The molecule has 3 atom stereocenters. The largest absolute Gasteiger partial charge is 0.368 e. The molecule has 2 aliphatic rings. The van der Waals surface area contributed by atoms with E-state index in [0.29, 0.717) is 11.7 Å². The van der Waals surface area contributed by atoms with Crippen molar-refractivity contribution in [1.82, 2.24) is 9.88 Å². The lowest BCUT2D eigenvalue weighted by molar-refractivity contribution is -0.124. The first kappa shape index (κ1) is 15.9. The molecule has 3 heterocycles. The SMILES string of the molecule is C[C@@H]1C[C@H](C)CN(Cc2csc(NC(=O)[C@@H]3CCCO3)n2)C1. The van der Waals surface area contributed by atoms with Crippen molar-refractivity contribution in [1.29, 1.82) is 0 Å². The molecule has 0 aromatic carbocycles. The molecule has 0 bridgehead atoms. The lowest BCUT2D eigenvalue weighted by Crippen LogP contribution is -2.38. The minimum absolute atomic E-state index is 0.0568. The number of thiazole rings is 1. The van der Waals surface area contributed by atoms with Gasteiger partial charge in [0, 0.05) is 31.6 Å². The highest BCUT2D eigenvalue weighted by Crippen LogP contribution is 2.24. The topological polar surface area (TPSA) is 54.5 Å². The number of ether oxygens (including phenoxy) is 1. The van der Waals surface area contributed by atoms with E-state index in [1.807, 2.05) is 0 Å². The van der Waals surface area contributed by atoms with Gasteiger partial charge in [0.1, 0.15) is 6.10 Å². The van der Waals surface area contributed by atoms with Gasteiger partial charge in [-0.25, -0.2) is 4.98 Å². The van der Waals surface area contributed by atoms with Gasteiger partial charge in [-0.3, -0.25) is 15.0 Å². The van der Waals surface area contributed by atoms with Crippen LogP contribution in [0.5, 0.6) is 0 Å². The van der Waals surface area contributed by atoms with Crippen LogP contribution in [0.4, 0.5) is 5.13 Å². The number of piperidine rings is 1. The minimum Gasteiger partial charge on any atom is -0.368 e. The van der Waals surface area contributed by atoms with Gasteiger partial charge in [0.2, 0.25) is 0 Å². The fourth-order valence-corrected chi connectivity index (χ4v) is 4.26. The fourth-order valence-electron chi connectivity index (χ4n) is 3.56. The first-order valence-corrected chi connectivity index (χ1v) is 9.07. The van der Waals surface area contributed by atoms with Gasteiger partial charge in [-0.05, 0) is 31.1 Å². The molecule has 2 aliphatic heterocycles. The summed E-state index contributed by atoms with van der Waals surface area (Å²) in [6, 6.07) is 0. The Kier molecular flexibility index (Phi) is 5.10. The summed E-state index contributed by atoms with van der Waals surface area (Å²) >= 11 is 1.50. The molecule has 1 aromatic rings. The molecule has 22 heavy (non-hydrogen) atoms. The number of aromatic nitrogens is 1. The first-order chi connectivity index (χ1) is 10.6. The number of likely N-dealkylation sites (tertiary alicyclic amines) is 1. The Labute approximate surface area is 136 Å². The molecule has 122 valence electrons. The van der Waals surface area contributed by atoms with Gasteiger partial charge in [0.25, 0.3) is 5.91 Å². The van der Waals surface area contributed by atoms with E-state index in [9.17, 15) is 4.79 Å². The summed E-state index contributed by atoms with van der Waals surface area (Å²) in [6.07, 6.45) is 2.80. The van der Waals surface area contributed by atoms with E-state index in [1.54, 1.807) is 0 Å². The molecule has 1 N–H and O–H groups in total. The highest BCUT2D eigenvalue weighted by molar-refractivity contribution is 7.13. The molecule has 2 fully saturated rings. The number of rotatable bonds is 4. The summed E-state index contributed by atoms with van der Waals surface area (Å²) in [5.74, 6) is 1.45. The molecule has 3 rings (SSSR count). The Bertz CT molecular complexity index is 503. The van der Waals surface area contributed by atoms with Gasteiger partial charge in [0.05, 0.1) is 5.69 Å². The Morgan fingerprint density at radius 2 is 2.23 bits per heavy atom. The highest BCUT2D eigenvalue weighted by Gasteiger charge is 2.25. The van der Waals surface area contributed by atoms with Crippen LogP contribution in [-0.4, -0.2) is 41.6 Å². The van der Waals surface area contributed by atoms with E-state index in [1.165, 1.54) is 17.8 Å². The average molecular weight is 323 g/mol. The molecule has 1 amide bonds. The molecule has 6 heteroatoms. The summed E-state index contributed by atoms with van der Waals surface area (Å²) in [4.78, 5) is 19.0. The monoisotopic (exact) mass is 323 g/mol. The second-order valence-corrected chi connectivity index (χ2v) is 7.63. The standard InChI is InChI=1S/C16H25N3O2S/c1-11-6-12(2)8-19(7-11)9-13-10-22-16(17-13)18-15(20)14-4-3-5-21-14/h10-12,14H,3-9H2,1-2H3,(H,17,18,20)/t11-,12+,14-/m0/s1. The van der Waals surface area contributed by atoms with Crippen molar-refractivity contribution in [3.05, 3.63) is 11.1 Å². The zero-order valence-electron chi connectivity index (χ0n) is 13.4. The number of anilines is 1. The lowest BCUT2D eigenvalue weighted by atomic mass is 9.92. The van der Waals surface area contributed by atoms with Gasteiger partial charge in [-0.2, -0.15) is 0 Å². The molecule has 0 aliphatic carbocycles. The predicted molar refractivity (Wildman–Crippen MR) is 87.9 cm³/mol. The molecule has 0 unspecified atom stereocenters. The van der Waals surface area contributed by atoms with E-state index < -0.39 is 0 Å². The van der Waals surface area contributed by atoms with Crippen molar-refractivity contribution in [3.63, 3.8) is 0 Å². The van der Waals surface area contributed by atoms with Crippen LogP contribution >= 0.6 is 11.3 Å². The van der Waals surface area contributed by atoms with Crippen LogP contribution in [0, 0.1) is 11.8 Å². The Balaban J connectivity index is 1.53. The molecule has 0 spiro atoms. The van der Waals surface area contributed by atoms with Crippen LogP contribution in [-0.2, 0) is 16.1 Å². The molecule has 2 saturated heterocycles. The highest BCUT2D eigenvalue weighted by atomic mass is 32.1. The molecular formula is C16H25N3O2S. The summed E-state index contributed by atoms with van der Waals surface area (Å²) in [5.41, 5.74) is 1.05. The number of carbonyl (C=O) groups is 1. The summed E-state index contributed by atoms with van der Waals surface area (Å²) in [6.45, 7) is 8.47. The number of amides is 1. The van der Waals surface area contributed by atoms with Gasteiger partial charge in [-0.1, -0.05) is 13.8 Å². The maximum absolute atomic E-state index is 12.0. The maximum atomic E-state index is 12.0. The Morgan fingerprint density at radius 3 is 2.91 bits per heavy atom. The molecule has 0 radical (unpaired) electrons. The fraction of sp³-hybridized carbons (Fsp3) is 0.750. The molecular weight excluding hydrogens is 298 g/mol. The van der Waals surface area contributed by atoms with Crippen molar-refractivity contribution in [2.45, 2.75) is 45.8 Å². The third kappa shape index (κ3) is 4.06. The van der Waals surface area contributed by atoms with Crippen LogP contribution in [0.3, 0.4) is 0 Å². The quantitative estimate of drug-likeness (QED) is 0.926. The number of carbonyl (C=O) groups excluding carboxylic acids is 1. The smallest absolute Gasteiger partial charge is 0.255 e. The van der Waals surface area contributed by atoms with Crippen molar-refractivity contribution in [2.75, 3.05) is 25.0 Å². The van der Waals surface area contributed by atoms with Crippen LogP contribution in [0.1, 0.15) is 38.8 Å². The predicted octanol–water partition coefficient (Wildman–Crippen LogP) is 2.74. The second-order valence-electron chi connectivity index (χ2n) is 6.78. The zero-order chi connectivity index (χ0) is 15.5. The summed E-state index contributed by atoms with van der Waals surface area (Å²) < 4.78 is 5.40. The lowest BCUT2D eigenvalue weighted by Gasteiger charge is -2.34. The number of nitrogens with one attached hydrogen (secondary N) is 1. The first-order valence-electron chi connectivity index (χ1n) is 8.19. The average Bonchev–Trinajstić information content (AvgIpc) is 3.09. The van der Waals surface area contributed by atoms with Gasteiger partial charge >= 0.3 is 0 Å². The maximum Gasteiger partial charge on any atom is 0.255 e. The normalized spacial score (nSPS) is 29.6. The van der Waals surface area contributed by atoms with Crippen molar-refractivity contribution < 1.29 is 9.53 Å². The number of hydrogen-bond acceptors (Lipinski definition) is 5. The van der Waals surface area contributed by atoms with Crippen LogP contribution in [0.2, 0.25) is 0 Å². The number of hydrogen-bond donors (Lipinski definition) is 1. The third-order valence-electron chi connectivity index (χ3n) is 4.33. The summed E-state index contributed by atoms with van der Waals surface area (Å²) in [7, 11) is 0. The number of nitrogens with zero attached hydrogens (tertiary/aromatic N) is 2. The Morgan fingerprint density at radius 1 is 1.45 bits per heavy atom. The van der Waals surface area contributed by atoms with Crippen LogP contribution in [0.25, 0.3) is 0 Å². The van der Waals surface area contributed by atoms with Crippen molar-refractivity contribution in [3.8, 4) is 0 Å². The van der Waals surface area contributed by atoms with Crippen molar-refractivity contribution >= 4 is 22.4 Å². The van der Waals surface area contributed by atoms with Gasteiger partial charge < -0.3 is 4.74 Å². The van der Waals surface area contributed by atoms with E-state index in [0.717, 1.165) is 50.0 Å². The summed E-state index contributed by atoms with van der Waals surface area (Å²) in [5, 5.41) is 5.62. The Hall–Kier alpha value is -0.980. The van der Waals surface area contributed by atoms with Crippen molar-refractivity contribution in [2.24, 2.45) is 11.8 Å². The van der Waals surface area contributed by atoms with E-state index in [2.05, 4.69) is 34.4 Å². The second kappa shape index (κ2) is 7.06. The molecule has 1 aromatic heterocycles. The van der Waals surface area contributed by atoms with E-state index >= 15 is 0 Å². The molecule has 0 saturated carbocycles. The molecule has 5 nitrogen and oxygen atoms in total. The van der Waals surface area contributed by atoms with Gasteiger partial charge in [-0.15, -0.1) is 11.3 Å². The minimum atomic E-state index is -0.295. The van der Waals surface area contributed by atoms with Gasteiger partial charge in [0.15, 0.2) is 5.13 Å². The van der Waals surface area contributed by atoms with Crippen LogP contribution in [0.15, 0.2) is 5.38 Å².